The van der Waals surface area contributed by atoms with Crippen LogP contribution in [0.4, 0.5) is 0 Å². The first-order chi connectivity index (χ1) is 14.1. The molecule has 29 heavy (non-hydrogen) atoms. The van der Waals surface area contributed by atoms with Crippen molar-refractivity contribution in [1.82, 2.24) is 10.3 Å². The summed E-state index contributed by atoms with van der Waals surface area (Å²) in [6, 6.07) is 2.82. The predicted molar refractivity (Wildman–Crippen MR) is 116 cm³/mol. The Labute approximate surface area is 175 Å². The molecule has 4 nitrogen and oxygen atoms in total. The summed E-state index contributed by atoms with van der Waals surface area (Å²) in [6.07, 6.45) is 14.1. The zero-order valence-electron chi connectivity index (χ0n) is 18.2. The first-order valence-electron chi connectivity index (χ1n) is 11.7. The molecule has 0 spiro atoms. The summed E-state index contributed by atoms with van der Waals surface area (Å²) in [4.78, 5) is 4.49. The van der Waals surface area contributed by atoms with Gasteiger partial charge in [0.25, 0.3) is 0 Å². The highest BCUT2D eigenvalue weighted by atomic mass is 16.5. The molecular formula is C25H36N2O2. The number of aromatic nitrogens is 1. The van der Waals surface area contributed by atoms with Gasteiger partial charge in [-0.3, -0.25) is 10.3 Å². The van der Waals surface area contributed by atoms with Gasteiger partial charge in [-0.1, -0.05) is 19.9 Å². The SMILES string of the molecule is CCOc1cncc(C2=CCC3C4CCC5NCOCCC5(C)C4CCC23C)c1. The highest BCUT2D eigenvalue weighted by molar-refractivity contribution is 5.73. The van der Waals surface area contributed by atoms with Crippen LogP contribution in [0.15, 0.2) is 24.5 Å². The Morgan fingerprint density at radius 2 is 2.07 bits per heavy atom. The fraction of sp³-hybridized carbons (Fsp3) is 0.720. The first kappa shape index (κ1) is 19.6. The average Bonchev–Trinajstić information content (AvgIpc) is 2.94. The van der Waals surface area contributed by atoms with Gasteiger partial charge in [0.1, 0.15) is 5.75 Å². The monoisotopic (exact) mass is 396 g/mol. The van der Waals surface area contributed by atoms with E-state index in [9.17, 15) is 0 Å². The van der Waals surface area contributed by atoms with Crippen LogP contribution in [0.5, 0.6) is 5.75 Å². The number of pyridine rings is 1. The van der Waals surface area contributed by atoms with Crippen molar-refractivity contribution in [3.8, 4) is 5.75 Å². The van der Waals surface area contributed by atoms with Crippen LogP contribution in [0.3, 0.4) is 0 Å². The van der Waals surface area contributed by atoms with E-state index in [1.54, 1.807) is 0 Å². The van der Waals surface area contributed by atoms with Gasteiger partial charge in [0.2, 0.25) is 0 Å². The molecule has 2 heterocycles. The molecule has 3 aliphatic carbocycles. The van der Waals surface area contributed by atoms with E-state index in [4.69, 9.17) is 9.47 Å². The molecule has 0 aromatic carbocycles. The number of hydrogen-bond donors (Lipinski definition) is 1. The van der Waals surface area contributed by atoms with Gasteiger partial charge in [-0.05, 0) is 91.2 Å². The molecule has 1 aromatic rings. The summed E-state index contributed by atoms with van der Waals surface area (Å²) in [5.74, 6) is 3.29. The summed E-state index contributed by atoms with van der Waals surface area (Å²) in [6.45, 7) is 9.44. The summed E-state index contributed by atoms with van der Waals surface area (Å²) in [7, 11) is 0. The third-order valence-corrected chi connectivity index (χ3v) is 9.00. The molecule has 6 atom stereocenters. The highest BCUT2D eigenvalue weighted by Crippen LogP contribution is 2.65. The fourth-order valence-electron chi connectivity index (χ4n) is 7.50. The molecule has 1 N–H and O–H groups in total. The number of allylic oxidation sites excluding steroid dienone is 2. The number of hydrogen-bond acceptors (Lipinski definition) is 4. The Morgan fingerprint density at radius 3 is 2.93 bits per heavy atom. The van der Waals surface area contributed by atoms with Crippen molar-refractivity contribution in [3.05, 3.63) is 30.1 Å². The molecule has 0 radical (unpaired) electrons. The molecule has 5 rings (SSSR count). The maximum absolute atomic E-state index is 5.80. The maximum Gasteiger partial charge on any atom is 0.138 e. The predicted octanol–water partition coefficient (Wildman–Crippen LogP) is 5.05. The van der Waals surface area contributed by atoms with Crippen molar-refractivity contribution in [2.45, 2.75) is 65.3 Å². The highest BCUT2D eigenvalue weighted by Gasteiger charge is 2.58. The molecule has 4 heteroatoms. The molecule has 3 fully saturated rings. The van der Waals surface area contributed by atoms with Crippen LogP contribution in [0.25, 0.3) is 5.57 Å². The van der Waals surface area contributed by atoms with E-state index >= 15 is 0 Å². The van der Waals surface area contributed by atoms with E-state index in [2.05, 4.69) is 36.3 Å². The summed E-state index contributed by atoms with van der Waals surface area (Å²) in [5.41, 5.74) is 3.43. The van der Waals surface area contributed by atoms with Crippen molar-refractivity contribution >= 4 is 5.57 Å². The Hall–Kier alpha value is -1.39. The van der Waals surface area contributed by atoms with E-state index in [1.165, 1.54) is 49.7 Å². The molecule has 0 amide bonds. The zero-order valence-corrected chi connectivity index (χ0v) is 18.2. The van der Waals surface area contributed by atoms with Crippen LogP contribution >= 0.6 is 0 Å². The number of nitrogens with one attached hydrogen (secondary N) is 1. The van der Waals surface area contributed by atoms with Crippen LogP contribution in [-0.4, -0.2) is 31.0 Å². The van der Waals surface area contributed by atoms with Crippen molar-refractivity contribution in [3.63, 3.8) is 0 Å². The summed E-state index contributed by atoms with van der Waals surface area (Å²) >= 11 is 0. The fourth-order valence-corrected chi connectivity index (χ4v) is 7.50. The number of fused-ring (bicyclic) bond motifs is 5. The van der Waals surface area contributed by atoms with E-state index < -0.39 is 0 Å². The summed E-state index contributed by atoms with van der Waals surface area (Å²) in [5, 5.41) is 3.72. The largest absolute Gasteiger partial charge is 0.492 e. The van der Waals surface area contributed by atoms with E-state index in [0.717, 1.165) is 36.8 Å². The lowest BCUT2D eigenvalue weighted by Crippen LogP contribution is -2.56. The van der Waals surface area contributed by atoms with Crippen LogP contribution in [0.1, 0.15) is 64.9 Å². The standard InChI is InChI=1S/C25H36N2O2/c1-4-29-18-13-17(14-26-15-18)20-6-7-21-19-5-8-23-25(3,11-12-28-16-27-23)22(19)9-10-24(20,21)2/h6,13-15,19,21-23,27H,4-5,7-12,16H2,1-3H3. The second-order valence-corrected chi connectivity index (χ2v) is 10.2. The van der Waals surface area contributed by atoms with Gasteiger partial charge in [0.15, 0.2) is 0 Å². The number of nitrogens with zero attached hydrogens (tertiary/aromatic N) is 1. The van der Waals surface area contributed by atoms with Gasteiger partial charge in [0, 0.05) is 18.8 Å². The number of ether oxygens (including phenoxy) is 2. The Morgan fingerprint density at radius 1 is 1.17 bits per heavy atom. The Balaban J connectivity index is 1.42. The summed E-state index contributed by atoms with van der Waals surface area (Å²) < 4.78 is 11.5. The maximum atomic E-state index is 5.80. The molecule has 158 valence electrons. The molecule has 2 saturated carbocycles. The normalized spacial score (nSPS) is 41.6. The Kier molecular flexibility index (Phi) is 4.98. The third-order valence-electron chi connectivity index (χ3n) is 9.00. The van der Waals surface area contributed by atoms with Gasteiger partial charge < -0.3 is 9.47 Å². The lowest BCUT2D eigenvalue weighted by molar-refractivity contribution is -0.0624. The van der Waals surface area contributed by atoms with Gasteiger partial charge in [-0.15, -0.1) is 0 Å². The zero-order chi connectivity index (χ0) is 20.1. The minimum absolute atomic E-state index is 0.269. The molecule has 1 aliphatic heterocycles. The van der Waals surface area contributed by atoms with Crippen LogP contribution < -0.4 is 10.1 Å². The molecule has 1 aromatic heterocycles. The van der Waals surface area contributed by atoms with Crippen molar-refractivity contribution in [2.24, 2.45) is 28.6 Å². The quantitative estimate of drug-likeness (QED) is 0.776. The molecule has 1 saturated heterocycles. The van der Waals surface area contributed by atoms with E-state index in [-0.39, 0.29) is 5.41 Å². The Bertz CT molecular complexity index is 793. The third kappa shape index (κ3) is 3.06. The second-order valence-electron chi connectivity index (χ2n) is 10.2. The molecule has 4 aliphatic rings. The van der Waals surface area contributed by atoms with E-state index in [1.807, 2.05) is 19.3 Å². The second kappa shape index (κ2) is 7.39. The lowest BCUT2D eigenvalue weighted by atomic mass is 9.47. The topological polar surface area (TPSA) is 43.4 Å². The molecule has 6 unspecified atom stereocenters. The first-order valence-corrected chi connectivity index (χ1v) is 11.7. The molecule has 0 bridgehead atoms. The van der Waals surface area contributed by atoms with Crippen molar-refractivity contribution in [1.29, 1.82) is 0 Å². The minimum atomic E-state index is 0.269. The molecular weight excluding hydrogens is 360 g/mol. The van der Waals surface area contributed by atoms with Crippen molar-refractivity contribution in [2.75, 3.05) is 19.9 Å². The minimum Gasteiger partial charge on any atom is -0.492 e. The van der Waals surface area contributed by atoms with Crippen LogP contribution in [-0.2, 0) is 4.74 Å². The van der Waals surface area contributed by atoms with Gasteiger partial charge in [-0.25, -0.2) is 0 Å². The van der Waals surface area contributed by atoms with E-state index in [0.29, 0.717) is 18.1 Å². The van der Waals surface area contributed by atoms with Gasteiger partial charge in [-0.2, -0.15) is 0 Å². The van der Waals surface area contributed by atoms with Gasteiger partial charge in [0.05, 0.1) is 19.5 Å². The van der Waals surface area contributed by atoms with Crippen LogP contribution in [0.2, 0.25) is 0 Å². The average molecular weight is 397 g/mol. The number of rotatable bonds is 3. The van der Waals surface area contributed by atoms with Crippen LogP contribution in [0, 0.1) is 28.6 Å². The lowest BCUT2D eigenvalue weighted by Gasteiger charge is -2.58. The van der Waals surface area contributed by atoms with Crippen molar-refractivity contribution < 1.29 is 9.47 Å². The smallest absolute Gasteiger partial charge is 0.138 e. The van der Waals surface area contributed by atoms with Gasteiger partial charge >= 0.3 is 0 Å².